The van der Waals surface area contributed by atoms with Crippen molar-refractivity contribution < 1.29 is 5.11 Å². The van der Waals surface area contributed by atoms with Crippen molar-refractivity contribution >= 4 is 11.8 Å². The fourth-order valence-corrected chi connectivity index (χ4v) is 5.42. The molecule has 2 saturated heterocycles. The topological polar surface area (TPSA) is 23.5 Å². The Balaban J connectivity index is 1.51. The Morgan fingerprint density at radius 1 is 1.16 bits per heavy atom. The Kier molecular flexibility index (Phi) is 3.09. The maximum atomic E-state index is 9.90. The van der Waals surface area contributed by atoms with Gasteiger partial charge in [0.25, 0.3) is 0 Å². The number of aliphatic hydroxyl groups excluding tert-OH is 1. The van der Waals surface area contributed by atoms with Crippen molar-refractivity contribution in [3.8, 4) is 0 Å². The van der Waals surface area contributed by atoms with Gasteiger partial charge in [-0.3, -0.25) is 4.90 Å². The lowest BCUT2D eigenvalue weighted by Gasteiger charge is -2.38. The molecular weight excluding hydrogens is 254 g/mol. The summed E-state index contributed by atoms with van der Waals surface area (Å²) >= 11 is 2.01. The molecule has 3 unspecified atom stereocenters. The first-order chi connectivity index (χ1) is 9.31. The van der Waals surface area contributed by atoms with Gasteiger partial charge in [-0.15, -0.1) is 11.8 Å². The first kappa shape index (κ1) is 12.2. The number of fused-ring (bicyclic) bond motifs is 3. The maximum absolute atomic E-state index is 9.90. The van der Waals surface area contributed by atoms with Crippen LogP contribution in [0.5, 0.6) is 0 Å². The summed E-state index contributed by atoms with van der Waals surface area (Å²) < 4.78 is 0. The molecule has 0 saturated carbocycles. The van der Waals surface area contributed by atoms with E-state index >= 15 is 0 Å². The molecular formula is C16H21NOS. The molecule has 3 aliphatic rings. The van der Waals surface area contributed by atoms with Crippen molar-refractivity contribution in [2.45, 2.75) is 54.7 Å². The van der Waals surface area contributed by atoms with Gasteiger partial charge >= 0.3 is 0 Å². The second-order valence-electron chi connectivity index (χ2n) is 6.25. The summed E-state index contributed by atoms with van der Waals surface area (Å²) in [7, 11) is 0. The van der Waals surface area contributed by atoms with Gasteiger partial charge < -0.3 is 5.11 Å². The van der Waals surface area contributed by atoms with Crippen molar-refractivity contribution in [1.82, 2.24) is 4.90 Å². The summed E-state index contributed by atoms with van der Waals surface area (Å²) in [6, 6.07) is 10.2. The number of hydrogen-bond donors (Lipinski definition) is 1. The average Bonchev–Trinajstić information content (AvgIpc) is 2.92. The van der Waals surface area contributed by atoms with E-state index in [0.29, 0.717) is 18.0 Å². The SMILES string of the molecule is OC1CC2CCC(C1)N2CC1CSc2ccccc21. The zero-order valence-electron chi connectivity index (χ0n) is 11.2. The maximum Gasteiger partial charge on any atom is 0.0570 e. The molecule has 3 heteroatoms. The van der Waals surface area contributed by atoms with Crippen molar-refractivity contribution in [3.63, 3.8) is 0 Å². The number of hydrogen-bond acceptors (Lipinski definition) is 3. The Morgan fingerprint density at radius 3 is 2.68 bits per heavy atom. The second kappa shape index (κ2) is 4.80. The van der Waals surface area contributed by atoms with Gasteiger partial charge in [-0.25, -0.2) is 0 Å². The van der Waals surface area contributed by atoms with Gasteiger partial charge in [0.2, 0.25) is 0 Å². The first-order valence-corrected chi connectivity index (χ1v) is 8.45. The zero-order chi connectivity index (χ0) is 12.8. The largest absolute Gasteiger partial charge is 0.393 e. The fourth-order valence-electron chi connectivity index (χ4n) is 4.18. The predicted octanol–water partition coefficient (Wildman–Crippen LogP) is 2.86. The second-order valence-corrected chi connectivity index (χ2v) is 7.31. The average molecular weight is 275 g/mol. The lowest BCUT2D eigenvalue weighted by Crippen LogP contribution is -2.46. The van der Waals surface area contributed by atoms with Gasteiger partial charge in [0.1, 0.15) is 0 Å². The van der Waals surface area contributed by atoms with Crippen molar-refractivity contribution in [2.75, 3.05) is 12.3 Å². The third kappa shape index (κ3) is 2.12. The van der Waals surface area contributed by atoms with Gasteiger partial charge in [-0.05, 0) is 37.3 Å². The van der Waals surface area contributed by atoms with Gasteiger partial charge in [-0.2, -0.15) is 0 Å². The van der Waals surface area contributed by atoms with Crippen LogP contribution in [-0.2, 0) is 0 Å². The van der Waals surface area contributed by atoms with Crippen molar-refractivity contribution in [1.29, 1.82) is 0 Å². The molecule has 4 rings (SSSR count). The molecule has 2 fully saturated rings. The number of nitrogens with zero attached hydrogens (tertiary/aromatic N) is 1. The van der Waals surface area contributed by atoms with Crippen LogP contribution in [0, 0.1) is 0 Å². The molecule has 0 aliphatic carbocycles. The molecule has 102 valence electrons. The summed E-state index contributed by atoms with van der Waals surface area (Å²) in [5, 5.41) is 9.90. The number of benzene rings is 1. The third-order valence-electron chi connectivity index (χ3n) is 5.09. The highest BCUT2D eigenvalue weighted by Gasteiger charge is 2.41. The highest BCUT2D eigenvalue weighted by atomic mass is 32.2. The summed E-state index contributed by atoms with van der Waals surface area (Å²) in [5.41, 5.74) is 1.55. The molecule has 19 heavy (non-hydrogen) atoms. The Hall–Kier alpha value is -0.510. The zero-order valence-corrected chi connectivity index (χ0v) is 12.0. The number of aliphatic hydroxyl groups is 1. The molecule has 0 aromatic heterocycles. The van der Waals surface area contributed by atoms with E-state index in [1.54, 1.807) is 5.56 Å². The summed E-state index contributed by atoms with van der Waals surface area (Å²) in [6.07, 6.45) is 4.54. The van der Waals surface area contributed by atoms with Crippen LogP contribution in [0.15, 0.2) is 29.2 Å². The Morgan fingerprint density at radius 2 is 1.89 bits per heavy atom. The van der Waals surface area contributed by atoms with Crippen LogP contribution in [0.25, 0.3) is 0 Å². The predicted molar refractivity (Wildman–Crippen MR) is 78.7 cm³/mol. The first-order valence-electron chi connectivity index (χ1n) is 7.47. The van der Waals surface area contributed by atoms with E-state index < -0.39 is 0 Å². The lowest BCUT2D eigenvalue weighted by atomic mass is 9.95. The van der Waals surface area contributed by atoms with Crippen molar-refractivity contribution in [3.05, 3.63) is 29.8 Å². The van der Waals surface area contributed by atoms with Crippen molar-refractivity contribution in [2.24, 2.45) is 0 Å². The smallest absolute Gasteiger partial charge is 0.0570 e. The summed E-state index contributed by atoms with van der Waals surface area (Å²) in [5.74, 6) is 1.93. The minimum absolute atomic E-state index is 0.0426. The van der Waals surface area contributed by atoms with Gasteiger partial charge in [0.15, 0.2) is 0 Å². The molecule has 2 nitrogen and oxygen atoms in total. The molecule has 1 N–H and O–H groups in total. The van der Waals surface area contributed by atoms with Crippen LogP contribution in [-0.4, -0.2) is 40.5 Å². The monoisotopic (exact) mass is 275 g/mol. The highest BCUT2D eigenvalue weighted by Crippen LogP contribution is 2.43. The van der Waals surface area contributed by atoms with E-state index in [9.17, 15) is 5.11 Å². The van der Waals surface area contributed by atoms with Crippen LogP contribution in [0.1, 0.15) is 37.2 Å². The Labute approximate surface area is 119 Å². The third-order valence-corrected chi connectivity index (χ3v) is 6.34. The van der Waals surface area contributed by atoms with Crippen LogP contribution >= 0.6 is 11.8 Å². The van der Waals surface area contributed by atoms with Crippen LogP contribution < -0.4 is 0 Å². The minimum atomic E-state index is -0.0426. The highest BCUT2D eigenvalue weighted by molar-refractivity contribution is 7.99. The van der Waals surface area contributed by atoms with Gasteiger partial charge in [0.05, 0.1) is 6.10 Å². The van der Waals surface area contributed by atoms with Gasteiger partial charge in [0, 0.05) is 35.2 Å². The molecule has 3 atom stereocenters. The minimum Gasteiger partial charge on any atom is -0.393 e. The van der Waals surface area contributed by atoms with Crippen LogP contribution in [0.2, 0.25) is 0 Å². The summed E-state index contributed by atoms with van der Waals surface area (Å²) in [4.78, 5) is 4.19. The van der Waals surface area contributed by atoms with Crippen LogP contribution in [0.4, 0.5) is 0 Å². The summed E-state index contributed by atoms with van der Waals surface area (Å²) in [6.45, 7) is 1.20. The molecule has 3 aliphatic heterocycles. The molecule has 2 bridgehead atoms. The van der Waals surface area contributed by atoms with Crippen LogP contribution in [0.3, 0.4) is 0 Å². The fraction of sp³-hybridized carbons (Fsp3) is 0.625. The molecule has 3 heterocycles. The molecule has 1 aromatic rings. The Bertz CT molecular complexity index is 464. The molecule has 0 spiro atoms. The van der Waals surface area contributed by atoms with E-state index in [2.05, 4.69) is 29.2 Å². The van der Waals surface area contributed by atoms with E-state index in [1.165, 1.54) is 30.0 Å². The van der Waals surface area contributed by atoms with E-state index in [0.717, 1.165) is 12.8 Å². The molecule has 0 amide bonds. The number of piperidine rings is 1. The van der Waals surface area contributed by atoms with E-state index in [-0.39, 0.29) is 6.10 Å². The lowest BCUT2D eigenvalue weighted by molar-refractivity contribution is 0.0332. The molecule has 1 aromatic carbocycles. The van der Waals surface area contributed by atoms with Gasteiger partial charge in [-0.1, -0.05) is 18.2 Å². The quantitative estimate of drug-likeness (QED) is 0.898. The standard InChI is InChI=1S/C16H21NOS/c18-14-7-12-5-6-13(8-14)17(12)9-11-10-19-16-4-2-1-3-15(11)16/h1-4,11-14,18H,5-10H2. The normalized spacial score (nSPS) is 37.5. The number of rotatable bonds is 2. The van der Waals surface area contributed by atoms with E-state index in [1.807, 2.05) is 11.8 Å². The number of thioether (sulfide) groups is 1. The molecule has 0 radical (unpaired) electrons. The van der Waals surface area contributed by atoms with E-state index in [4.69, 9.17) is 0 Å².